The Hall–Kier alpha value is -1.95. The van der Waals surface area contributed by atoms with Crippen molar-refractivity contribution < 1.29 is 9.53 Å². The number of para-hydroxylation sites is 1. The van der Waals surface area contributed by atoms with Crippen LogP contribution in [0.3, 0.4) is 0 Å². The number of nitrogens with zero attached hydrogens (tertiary/aromatic N) is 4. The van der Waals surface area contributed by atoms with Crippen LogP contribution >= 0.6 is 0 Å². The van der Waals surface area contributed by atoms with Gasteiger partial charge in [0.2, 0.25) is 0 Å². The molecule has 0 radical (unpaired) electrons. The van der Waals surface area contributed by atoms with Gasteiger partial charge in [0.15, 0.2) is 0 Å². The number of amides is 1. The quantitative estimate of drug-likeness (QED) is 0.720. The highest BCUT2D eigenvalue weighted by molar-refractivity contribution is 5.87. The number of carbonyl (C=O) groups is 1. The first-order valence-corrected chi connectivity index (χ1v) is 6.40. The first-order valence-electron chi connectivity index (χ1n) is 6.40. The summed E-state index contributed by atoms with van der Waals surface area (Å²) >= 11 is 0. The molecule has 3 rings (SSSR count). The Bertz CT molecular complexity index is 599. The van der Waals surface area contributed by atoms with E-state index in [2.05, 4.69) is 10.3 Å². The molecule has 1 aliphatic heterocycles. The van der Waals surface area contributed by atoms with Crippen molar-refractivity contribution in [1.82, 2.24) is 19.9 Å². The number of fused-ring (bicyclic) bond motifs is 1. The molecule has 0 spiro atoms. The summed E-state index contributed by atoms with van der Waals surface area (Å²) in [5.74, 6) is 0. The largest absolute Gasteiger partial charge is 0.372 e. The van der Waals surface area contributed by atoms with Crippen LogP contribution in [0.15, 0.2) is 24.3 Å². The molecule has 0 saturated carbocycles. The van der Waals surface area contributed by atoms with Crippen molar-refractivity contribution in [3.63, 3.8) is 0 Å². The molecule has 1 aliphatic rings. The molecule has 1 saturated heterocycles. The van der Waals surface area contributed by atoms with Gasteiger partial charge in [-0.05, 0) is 26.0 Å². The fourth-order valence-electron chi connectivity index (χ4n) is 2.48. The molecule has 2 atom stereocenters. The second kappa shape index (κ2) is 4.62. The van der Waals surface area contributed by atoms with Crippen LogP contribution in [0.4, 0.5) is 4.79 Å². The summed E-state index contributed by atoms with van der Waals surface area (Å²) in [6.45, 7) is 5.10. The average molecular weight is 260 g/mol. The Labute approximate surface area is 110 Å². The summed E-state index contributed by atoms with van der Waals surface area (Å²) < 4.78 is 6.99. The number of benzene rings is 1. The maximum Gasteiger partial charge on any atom is 0.346 e. The van der Waals surface area contributed by atoms with Gasteiger partial charge < -0.3 is 9.64 Å². The highest BCUT2D eigenvalue weighted by atomic mass is 16.5. The number of ether oxygens (including phenoxy) is 1. The van der Waals surface area contributed by atoms with Crippen molar-refractivity contribution in [2.24, 2.45) is 0 Å². The minimum Gasteiger partial charge on any atom is -0.372 e. The monoisotopic (exact) mass is 260 g/mol. The van der Waals surface area contributed by atoms with E-state index in [1.807, 2.05) is 38.1 Å². The Morgan fingerprint density at radius 1 is 1.26 bits per heavy atom. The standard InChI is InChI=1S/C13H16N4O2/c1-9-7-16(8-10(2)19-9)13(18)17-12-6-4-3-5-11(12)14-15-17/h3-6,9-10H,7-8H2,1-2H3/t9-,10+. The number of aromatic nitrogens is 3. The highest BCUT2D eigenvalue weighted by Crippen LogP contribution is 2.15. The lowest BCUT2D eigenvalue weighted by molar-refractivity contribution is -0.0546. The zero-order valence-electron chi connectivity index (χ0n) is 11.0. The first-order chi connectivity index (χ1) is 9.15. The van der Waals surface area contributed by atoms with Gasteiger partial charge in [0.05, 0.1) is 17.7 Å². The van der Waals surface area contributed by atoms with Crippen molar-refractivity contribution in [2.75, 3.05) is 13.1 Å². The summed E-state index contributed by atoms with van der Waals surface area (Å²) in [7, 11) is 0. The van der Waals surface area contributed by atoms with E-state index >= 15 is 0 Å². The van der Waals surface area contributed by atoms with Crippen LogP contribution in [0.1, 0.15) is 13.8 Å². The minimum atomic E-state index is -0.143. The SMILES string of the molecule is C[C@@H]1CN(C(=O)n2nnc3ccccc32)C[C@H](C)O1. The topological polar surface area (TPSA) is 60.2 Å². The van der Waals surface area contributed by atoms with Gasteiger partial charge in [-0.2, -0.15) is 4.68 Å². The maximum atomic E-state index is 12.5. The van der Waals surface area contributed by atoms with Crippen molar-refractivity contribution in [3.8, 4) is 0 Å². The summed E-state index contributed by atoms with van der Waals surface area (Å²) in [4.78, 5) is 14.3. The van der Waals surface area contributed by atoms with Gasteiger partial charge in [0.1, 0.15) is 5.52 Å². The molecule has 1 aromatic heterocycles. The summed E-state index contributed by atoms with van der Waals surface area (Å²) in [5, 5.41) is 7.96. The van der Waals surface area contributed by atoms with Crippen LogP contribution in [0, 0.1) is 0 Å². The minimum absolute atomic E-state index is 0.0440. The van der Waals surface area contributed by atoms with Gasteiger partial charge in [-0.25, -0.2) is 4.79 Å². The molecule has 1 fully saturated rings. The normalized spacial score (nSPS) is 23.8. The molecule has 2 aromatic rings. The summed E-state index contributed by atoms with van der Waals surface area (Å²) in [6.07, 6.45) is 0.0879. The van der Waals surface area contributed by atoms with E-state index in [9.17, 15) is 4.79 Å². The predicted octanol–water partition coefficient (Wildman–Crippen LogP) is 1.51. The van der Waals surface area contributed by atoms with Crippen molar-refractivity contribution in [3.05, 3.63) is 24.3 Å². The van der Waals surface area contributed by atoms with Crippen molar-refractivity contribution in [1.29, 1.82) is 0 Å². The molecule has 6 nitrogen and oxygen atoms in total. The number of morpholine rings is 1. The Balaban J connectivity index is 1.91. The Kier molecular flexibility index (Phi) is 2.94. The van der Waals surface area contributed by atoms with E-state index in [0.29, 0.717) is 13.1 Å². The smallest absolute Gasteiger partial charge is 0.346 e. The van der Waals surface area contributed by atoms with Gasteiger partial charge in [-0.1, -0.05) is 17.3 Å². The lowest BCUT2D eigenvalue weighted by Gasteiger charge is -2.34. The molecule has 0 aliphatic carbocycles. The molecule has 6 heteroatoms. The van der Waals surface area contributed by atoms with E-state index in [1.165, 1.54) is 4.68 Å². The van der Waals surface area contributed by atoms with Gasteiger partial charge >= 0.3 is 6.03 Å². The third kappa shape index (κ3) is 2.19. The average Bonchev–Trinajstić information content (AvgIpc) is 2.80. The van der Waals surface area contributed by atoms with Crippen LogP contribution in [0.5, 0.6) is 0 Å². The lowest BCUT2D eigenvalue weighted by Crippen LogP contribution is -2.49. The fraction of sp³-hybridized carbons (Fsp3) is 0.462. The van der Waals surface area contributed by atoms with Gasteiger partial charge in [0.25, 0.3) is 0 Å². The van der Waals surface area contributed by atoms with E-state index < -0.39 is 0 Å². The third-order valence-corrected chi connectivity index (χ3v) is 3.22. The first kappa shape index (κ1) is 12.1. The second-order valence-electron chi connectivity index (χ2n) is 4.93. The van der Waals surface area contributed by atoms with Gasteiger partial charge in [0, 0.05) is 13.1 Å². The molecule has 19 heavy (non-hydrogen) atoms. The van der Waals surface area contributed by atoms with Crippen LogP contribution < -0.4 is 0 Å². The molecule has 100 valence electrons. The number of hydrogen-bond donors (Lipinski definition) is 0. The van der Waals surface area contributed by atoms with E-state index in [1.54, 1.807) is 4.90 Å². The summed E-state index contributed by atoms with van der Waals surface area (Å²) in [6, 6.07) is 7.30. The number of hydrogen-bond acceptors (Lipinski definition) is 4. The maximum absolute atomic E-state index is 12.5. The fourth-order valence-corrected chi connectivity index (χ4v) is 2.48. The summed E-state index contributed by atoms with van der Waals surface area (Å²) in [5.41, 5.74) is 1.46. The second-order valence-corrected chi connectivity index (χ2v) is 4.93. The molecular formula is C13H16N4O2. The van der Waals surface area contributed by atoms with Gasteiger partial charge in [-0.3, -0.25) is 0 Å². The van der Waals surface area contributed by atoms with Crippen molar-refractivity contribution in [2.45, 2.75) is 26.1 Å². The molecule has 0 bridgehead atoms. The molecular weight excluding hydrogens is 244 g/mol. The lowest BCUT2D eigenvalue weighted by atomic mass is 10.2. The number of carbonyl (C=O) groups excluding carboxylic acids is 1. The Morgan fingerprint density at radius 2 is 1.95 bits per heavy atom. The van der Waals surface area contributed by atoms with Crippen LogP contribution in [-0.2, 0) is 4.74 Å². The predicted molar refractivity (Wildman–Crippen MR) is 69.9 cm³/mol. The highest BCUT2D eigenvalue weighted by Gasteiger charge is 2.28. The van der Waals surface area contributed by atoms with E-state index in [0.717, 1.165) is 11.0 Å². The third-order valence-electron chi connectivity index (χ3n) is 3.22. The number of rotatable bonds is 0. The van der Waals surface area contributed by atoms with Gasteiger partial charge in [-0.15, -0.1) is 5.10 Å². The molecule has 2 heterocycles. The molecule has 0 unspecified atom stereocenters. The molecule has 1 amide bonds. The molecule has 0 N–H and O–H groups in total. The molecule has 1 aromatic carbocycles. The van der Waals surface area contributed by atoms with E-state index in [-0.39, 0.29) is 18.2 Å². The Morgan fingerprint density at radius 3 is 2.68 bits per heavy atom. The van der Waals surface area contributed by atoms with Crippen LogP contribution in [0.2, 0.25) is 0 Å². The van der Waals surface area contributed by atoms with Crippen molar-refractivity contribution >= 4 is 17.1 Å². The van der Waals surface area contributed by atoms with E-state index in [4.69, 9.17) is 4.74 Å². The van der Waals surface area contributed by atoms with Crippen LogP contribution in [0.25, 0.3) is 11.0 Å². The zero-order chi connectivity index (χ0) is 13.4. The van der Waals surface area contributed by atoms with Crippen LogP contribution in [-0.4, -0.2) is 51.2 Å². The zero-order valence-corrected chi connectivity index (χ0v) is 11.0.